The summed E-state index contributed by atoms with van der Waals surface area (Å²) in [6, 6.07) is 21.0. The average molecular weight is 514 g/mol. The molecule has 0 spiro atoms. The van der Waals surface area contributed by atoms with Gasteiger partial charge >= 0.3 is 0 Å². The van der Waals surface area contributed by atoms with Crippen LogP contribution in [0.5, 0.6) is 0 Å². The number of nitriles is 1. The maximum absolute atomic E-state index is 13.4. The summed E-state index contributed by atoms with van der Waals surface area (Å²) in [6.45, 7) is 0. The lowest BCUT2D eigenvalue weighted by atomic mass is 10.0. The topological polar surface area (TPSA) is 52.9 Å². The Labute approximate surface area is 185 Å². The Balaban J connectivity index is 1.77. The molecule has 3 nitrogen and oxygen atoms in total. The van der Waals surface area contributed by atoms with Crippen LogP contribution in [-0.4, -0.2) is 5.91 Å². The number of nitrogens with zero attached hydrogens (tertiary/aromatic N) is 1. The highest BCUT2D eigenvalue weighted by molar-refractivity contribution is 9.10. The van der Waals surface area contributed by atoms with Crippen LogP contribution in [-0.2, 0) is 11.2 Å². The number of nitrogens with one attached hydrogen (secondary N) is 1. The summed E-state index contributed by atoms with van der Waals surface area (Å²) in [5, 5.41) is 12.1. The molecule has 0 radical (unpaired) electrons. The number of anilines is 1. The Hall–Kier alpha value is -2.75. The molecule has 0 fully saturated rings. The molecule has 0 aromatic heterocycles. The first-order valence-electron chi connectivity index (χ1n) is 8.66. The molecule has 0 bridgehead atoms. The molecule has 3 aromatic carbocycles. The van der Waals surface area contributed by atoms with E-state index in [4.69, 9.17) is 0 Å². The van der Waals surface area contributed by atoms with Gasteiger partial charge in [-0.15, -0.1) is 0 Å². The van der Waals surface area contributed by atoms with Crippen molar-refractivity contribution in [3.05, 3.63) is 104 Å². The van der Waals surface area contributed by atoms with Crippen LogP contribution in [0, 0.1) is 17.1 Å². The van der Waals surface area contributed by atoms with E-state index in [9.17, 15) is 14.4 Å². The van der Waals surface area contributed by atoms with Crippen molar-refractivity contribution >= 4 is 49.5 Å². The Morgan fingerprint density at radius 1 is 1.07 bits per heavy atom. The first-order chi connectivity index (χ1) is 13.9. The zero-order valence-corrected chi connectivity index (χ0v) is 18.3. The summed E-state index contributed by atoms with van der Waals surface area (Å²) < 4.78 is 15.1. The molecule has 3 rings (SSSR count). The number of rotatable bonds is 5. The summed E-state index contributed by atoms with van der Waals surface area (Å²) in [7, 11) is 0. The van der Waals surface area contributed by atoms with Crippen LogP contribution >= 0.6 is 31.9 Å². The van der Waals surface area contributed by atoms with Gasteiger partial charge < -0.3 is 5.32 Å². The molecule has 144 valence electrons. The summed E-state index contributed by atoms with van der Waals surface area (Å²) in [5.41, 5.74) is 3.15. The first-order valence-corrected chi connectivity index (χ1v) is 10.2. The quantitative estimate of drug-likeness (QED) is 0.313. The average Bonchev–Trinajstić information content (AvgIpc) is 2.70. The minimum Gasteiger partial charge on any atom is -0.321 e. The zero-order chi connectivity index (χ0) is 20.8. The number of amides is 1. The fourth-order valence-corrected chi connectivity index (χ4v) is 3.51. The van der Waals surface area contributed by atoms with Crippen molar-refractivity contribution in [1.82, 2.24) is 0 Å². The Kier molecular flexibility index (Phi) is 6.97. The van der Waals surface area contributed by atoms with Crippen molar-refractivity contribution in [3.8, 4) is 6.07 Å². The van der Waals surface area contributed by atoms with Crippen LogP contribution in [0.3, 0.4) is 0 Å². The van der Waals surface area contributed by atoms with Gasteiger partial charge in [0.2, 0.25) is 0 Å². The number of hydrogen-bond donors (Lipinski definition) is 1. The minimum atomic E-state index is -0.477. The number of carbonyl (C=O) groups is 1. The molecule has 0 aliphatic carbocycles. The molecule has 1 amide bonds. The van der Waals surface area contributed by atoms with Crippen LogP contribution in [0.1, 0.15) is 16.7 Å². The van der Waals surface area contributed by atoms with E-state index in [0.29, 0.717) is 17.7 Å². The van der Waals surface area contributed by atoms with Gasteiger partial charge in [0, 0.05) is 14.6 Å². The third kappa shape index (κ3) is 5.86. The monoisotopic (exact) mass is 512 g/mol. The number of carbonyl (C=O) groups excluding carboxylic acids is 1. The number of benzene rings is 3. The minimum absolute atomic E-state index is 0.00213. The molecule has 0 aliphatic heterocycles. The normalized spacial score (nSPS) is 11.0. The lowest BCUT2D eigenvalue weighted by Crippen LogP contribution is -2.13. The van der Waals surface area contributed by atoms with E-state index in [1.54, 1.807) is 30.3 Å². The summed E-state index contributed by atoms with van der Waals surface area (Å²) in [6.07, 6.45) is 2.10. The number of halogens is 3. The smallest absolute Gasteiger partial charge is 0.266 e. The molecule has 0 unspecified atom stereocenters. The molecule has 29 heavy (non-hydrogen) atoms. The van der Waals surface area contributed by atoms with E-state index in [1.165, 1.54) is 18.2 Å². The maximum Gasteiger partial charge on any atom is 0.266 e. The highest BCUT2D eigenvalue weighted by atomic mass is 79.9. The van der Waals surface area contributed by atoms with Crippen molar-refractivity contribution < 1.29 is 9.18 Å². The molecule has 0 aliphatic rings. The highest BCUT2D eigenvalue weighted by Crippen LogP contribution is 2.23. The van der Waals surface area contributed by atoms with Crippen LogP contribution in [0.25, 0.3) is 6.08 Å². The molecule has 6 heteroatoms. The predicted octanol–water partition coefficient (Wildman–Crippen LogP) is 6.49. The Bertz CT molecular complexity index is 1120. The van der Waals surface area contributed by atoms with E-state index in [0.717, 1.165) is 20.1 Å². The first kappa shape index (κ1) is 21.0. The Morgan fingerprint density at radius 3 is 2.48 bits per heavy atom. The van der Waals surface area contributed by atoms with E-state index < -0.39 is 5.91 Å². The van der Waals surface area contributed by atoms with E-state index in [1.807, 2.05) is 30.3 Å². The third-order valence-corrected chi connectivity index (χ3v) is 5.41. The van der Waals surface area contributed by atoms with Crippen molar-refractivity contribution in [1.29, 1.82) is 5.26 Å². The van der Waals surface area contributed by atoms with Crippen molar-refractivity contribution in [3.63, 3.8) is 0 Å². The lowest BCUT2D eigenvalue weighted by molar-refractivity contribution is -0.112. The summed E-state index contributed by atoms with van der Waals surface area (Å²) in [4.78, 5) is 12.4. The molecule has 0 saturated heterocycles. The van der Waals surface area contributed by atoms with Crippen LogP contribution in [0.4, 0.5) is 10.1 Å². The SMILES string of the molecule is N#C/C(=C\c1ccc(Cc2cccc(F)c2)c(Br)c1)C(=O)Nc1ccc(Br)cc1. The predicted molar refractivity (Wildman–Crippen MR) is 120 cm³/mol. The molecule has 1 N–H and O–H groups in total. The van der Waals surface area contributed by atoms with Crippen molar-refractivity contribution in [2.45, 2.75) is 6.42 Å². The number of hydrogen-bond acceptors (Lipinski definition) is 2. The van der Waals surface area contributed by atoms with Crippen molar-refractivity contribution in [2.24, 2.45) is 0 Å². The molecule has 0 atom stereocenters. The zero-order valence-electron chi connectivity index (χ0n) is 15.1. The van der Waals surface area contributed by atoms with Crippen molar-refractivity contribution in [2.75, 3.05) is 5.32 Å². The van der Waals surface area contributed by atoms with Gasteiger partial charge in [-0.1, -0.05) is 56.1 Å². The van der Waals surface area contributed by atoms with E-state index in [2.05, 4.69) is 37.2 Å². The lowest BCUT2D eigenvalue weighted by Gasteiger charge is -2.07. The molecule has 0 saturated carbocycles. The third-order valence-electron chi connectivity index (χ3n) is 4.14. The molecule has 0 heterocycles. The Morgan fingerprint density at radius 2 is 1.83 bits per heavy atom. The standard InChI is InChI=1S/C23H15Br2FN2O/c24-19-6-8-21(9-7-19)28-23(29)18(14-27)11-16-4-5-17(22(25)13-16)10-15-2-1-3-20(26)12-15/h1-9,11-13H,10H2,(H,28,29)/b18-11+. The van der Waals surface area contributed by atoms with Crippen LogP contribution < -0.4 is 5.32 Å². The van der Waals surface area contributed by atoms with Crippen LogP contribution in [0.2, 0.25) is 0 Å². The highest BCUT2D eigenvalue weighted by Gasteiger charge is 2.10. The molecule has 3 aromatic rings. The van der Waals surface area contributed by atoms with Gasteiger partial charge in [0.15, 0.2) is 0 Å². The second-order valence-corrected chi connectivity index (χ2v) is 8.06. The molecular weight excluding hydrogens is 499 g/mol. The second-order valence-electron chi connectivity index (χ2n) is 6.29. The van der Waals surface area contributed by atoms with Gasteiger partial charge in [0.05, 0.1) is 0 Å². The van der Waals surface area contributed by atoms with Gasteiger partial charge in [-0.05, 0) is 71.7 Å². The second kappa shape index (κ2) is 9.64. The fourth-order valence-electron chi connectivity index (χ4n) is 2.71. The van der Waals surface area contributed by atoms with E-state index >= 15 is 0 Å². The fraction of sp³-hybridized carbons (Fsp3) is 0.0435. The summed E-state index contributed by atoms with van der Waals surface area (Å²) >= 11 is 6.86. The van der Waals surface area contributed by atoms with Crippen LogP contribution in [0.15, 0.2) is 81.2 Å². The van der Waals surface area contributed by atoms with E-state index in [-0.39, 0.29) is 11.4 Å². The maximum atomic E-state index is 13.4. The van der Waals surface area contributed by atoms with Gasteiger partial charge in [-0.2, -0.15) is 5.26 Å². The van der Waals surface area contributed by atoms with Gasteiger partial charge in [0.1, 0.15) is 17.5 Å². The van der Waals surface area contributed by atoms with Gasteiger partial charge in [-0.3, -0.25) is 4.79 Å². The largest absolute Gasteiger partial charge is 0.321 e. The molecular formula is C23H15Br2FN2O. The summed E-state index contributed by atoms with van der Waals surface area (Å²) in [5.74, 6) is -0.747. The van der Waals surface area contributed by atoms with Gasteiger partial charge in [-0.25, -0.2) is 4.39 Å². The van der Waals surface area contributed by atoms with Gasteiger partial charge in [0.25, 0.3) is 5.91 Å².